The van der Waals surface area contributed by atoms with Gasteiger partial charge in [-0.2, -0.15) is 0 Å². The number of rotatable bonds is 7. The molecule has 9 aromatic rings. The van der Waals surface area contributed by atoms with Crippen LogP contribution in [0, 0.1) is 0 Å². The molecule has 0 bridgehead atoms. The van der Waals surface area contributed by atoms with E-state index in [1.54, 1.807) is 0 Å². The van der Waals surface area contributed by atoms with Gasteiger partial charge >= 0.3 is 0 Å². The highest BCUT2D eigenvalue weighted by Gasteiger charge is 2.15. The number of para-hydroxylation sites is 2. The largest absolute Gasteiger partial charge is 0.291 e. The van der Waals surface area contributed by atoms with E-state index in [9.17, 15) is 0 Å². The molecule has 0 aliphatic rings. The molecule has 3 aromatic heterocycles. The summed E-state index contributed by atoms with van der Waals surface area (Å²) in [6.07, 6.45) is 1.81. The number of imidazole rings is 1. The first-order chi connectivity index (χ1) is 25.3. The summed E-state index contributed by atoms with van der Waals surface area (Å²) in [7, 11) is 0. The van der Waals surface area contributed by atoms with Gasteiger partial charge in [-0.1, -0.05) is 140 Å². The smallest absolute Gasteiger partial charge is 0.164 e. The predicted octanol–water partition coefficient (Wildman–Crippen LogP) is 11.2. The highest BCUT2D eigenvalue weighted by atomic mass is 15.1. The van der Waals surface area contributed by atoms with Crippen molar-refractivity contribution in [2.45, 2.75) is 0 Å². The van der Waals surface area contributed by atoms with Gasteiger partial charge in [0.1, 0.15) is 5.69 Å². The Morgan fingerprint density at radius 3 is 1.43 bits per heavy atom. The maximum Gasteiger partial charge on any atom is 0.164 e. The summed E-state index contributed by atoms with van der Waals surface area (Å²) >= 11 is 0. The van der Waals surface area contributed by atoms with Gasteiger partial charge in [-0.25, -0.2) is 15.0 Å². The summed E-state index contributed by atoms with van der Waals surface area (Å²) in [5.41, 5.74) is 13.4. The molecule has 0 aliphatic carbocycles. The maximum atomic E-state index is 4.99. The quantitative estimate of drug-likeness (QED) is 0.172. The Morgan fingerprint density at radius 2 is 0.843 bits per heavy atom. The van der Waals surface area contributed by atoms with Crippen molar-refractivity contribution in [3.63, 3.8) is 0 Å². The van der Waals surface area contributed by atoms with Crippen LogP contribution in [0.15, 0.2) is 188 Å². The van der Waals surface area contributed by atoms with E-state index in [1.807, 2.05) is 79.0 Å². The number of nitrogens with zero attached hydrogens (tertiary/aromatic N) is 5. The first kappa shape index (κ1) is 30.1. The van der Waals surface area contributed by atoms with Gasteiger partial charge in [0.05, 0.1) is 22.4 Å². The molecule has 0 fully saturated rings. The van der Waals surface area contributed by atoms with Crippen LogP contribution in [0.4, 0.5) is 0 Å². The molecular weight excluding hydrogens is 623 g/mol. The standard InChI is InChI=1S/C46H31N5/c1-3-11-36(12-4-1)42-31-43(49-45(48-42)38-13-5-2-6-14-38)37-24-22-34(23-25-37)32-18-20-33(21-19-32)35-26-28-39(29-27-35)51-44-17-8-7-15-40(44)50-46(51)41-16-9-10-30-47-41/h1-31H. The van der Waals surface area contributed by atoms with Crippen LogP contribution < -0.4 is 0 Å². The molecule has 240 valence electrons. The van der Waals surface area contributed by atoms with Crippen LogP contribution >= 0.6 is 0 Å². The molecule has 0 aliphatic heterocycles. The number of benzene rings is 6. The molecule has 0 amide bonds. The zero-order valence-corrected chi connectivity index (χ0v) is 27.6. The van der Waals surface area contributed by atoms with Gasteiger partial charge < -0.3 is 0 Å². The fourth-order valence-electron chi connectivity index (χ4n) is 6.51. The minimum Gasteiger partial charge on any atom is -0.291 e. The van der Waals surface area contributed by atoms with E-state index in [0.29, 0.717) is 5.82 Å². The number of hydrogen-bond donors (Lipinski definition) is 0. The van der Waals surface area contributed by atoms with Gasteiger partial charge in [-0.05, 0) is 64.7 Å². The lowest BCUT2D eigenvalue weighted by Gasteiger charge is -2.11. The Balaban J connectivity index is 0.985. The first-order valence-corrected chi connectivity index (χ1v) is 17.0. The lowest BCUT2D eigenvalue weighted by Crippen LogP contribution is -1.98. The number of hydrogen-bond acceptors (Lipinski definition) is 4. The second-order valence-electron chi connectivity index (χ2n) is 12.4. The van der Waals surface area contributed by atoms with Crippen LogP contribution in [-0.2, 0) is 0 Å². The van der Waals surface area contributed by atoms with Crippen molar-refractivity contribution < 1.29 is 0 Å². The van der Waals surface area contributed by atoms with E-state index in [2.05, 4.69) is 119 Å². The molecule has 0 N–H and O–H groups in total. The van der Waals surface area contributed by atoms with Gasteiger partial charge in [0, 0.05) is 28.6 Å². The Bertz CT molecular complexity index is 2520. The van der Waals surface area contributed by atoms with Crippen LogP contribution in [-0.4, -0.2) is 24.5 Å². The van der Waals surface area contributed by atoms with Gasteiger partial charge in [0.2, 0.25) is 0 Å². The fourth-order valence-corrected chi connectivity index (χ4v) is 6.51. The molecule has 0 saturated heterocycles. The minimum atomic E-state index is 0.715. The Kier molecular flexibility index (Phi) is 7.76. The molecular formula is C46H31N5. The minimum absolute atomic E-state index is 0.715. The van der Waals surface area contributed by atoms with Crippen molar-refractivity contribution in [1.82, 2.24) is 24.5 Å². The van der Waals surface area contributed by atoms with E-state index < -0.39 is 0 Å². The molecule has 0 atom stereocenters. The van der Waals surface area contributed by atoms with Crippen molar-refractivity contribution in [3.05, 3.63) is 188 Å². The van der Waals surface area contributed by atoms with Gasteiger partial charge in [0.15, 0.2) is 11.6 Å². The zero-order chi connectivity index (χ0) is 34.0. The molecule has 0 spiro atoms. The fraction of sp³-hybridized carbons (Fsp3) is 0. The second-order valence-corrected chi connectivity index (χ2v) is 12.4. The molecule has 3 heterocycles. The summed E-state index contributed by atoms with van der Waals surface area (Å²) < 4.78 is 2.18. The van der Waals surface area contributed by atoms with E-state index in [4.69, 9.17) is 15.0 Å². The molecule has 0 saturated carbocycles. The Labute approximate surface area is 296 Å². The Morgan fingerprint density at radius 1 is 0.353 bits per heavy atom. The summed E-state index contributed by atoms with van der Waals surface area (Å²) in [4.78, 5) is 19.4. The average molecular weight is 654 g/mol. The summed E-state index contributed by atoms with van der Waals surface area (Å²) in [5, 5.41) is 0. The third-order valence-electron chi connectivity index (χ3n) is 9.14. The van der Waals surface area contributed by atoms with Crippen molar-refractivity contribution in [3.8, 4) is 73.4 Å². The first-order valence-electron chi connectivity index (χ1n) is 17.0. The van der Waals surface area contributed by atoms with Crippen molar-refractivity contribution >= 4 is 11.0 Å². The number of fused-ring (bicyclic) bond motifs is 1. The molecule has 0 unspecified atom stereocenters. The van der Waals surface area contributed by atoms with E-state index in [-0.39, 0.29) is 0 Å². The zero-order valence-electron chi connectivity index (χ0n) is 27.6. The third-order valence-corrected chi connectivity index (χ3v) is 9.14. The third kappa shape index (κ3) is 5.98. The topological polar surface area (TPSA) is 56.5 Å². The molecule has 6 aromatic carbocycles. The van der Waals surface area contributed by atoms with Gasteiger partial charge in [-0.3, -0.25) is 9.55 Å². The van der Waals surface area contributed by atoms with Crippen LogP contribution in [0.5, 0.6) is 0 Å². The molecule has 0 radical (unpaired) electrons. The Hall–Kier alpha value is -6.98. The lowest BCUT2D eigenvalue weighted by atomic mass is 9.98. The van der Waals surface area contributed by atoms with Crippen LogP contribution in [0.2, 0.25) is 0 Å². The van der Waals surface area contributed by atoms with Gasteiger partial charge in [0.25, 0.3) is 0 Å². The maximum absolute atomic E-state index is 4.99. The SMILES string of the molecule is c1ccc(-c2cc(-c3ccc(-c4ccc(-c5ccc(-n6c(-c7ccccn7)nc7ccccc76)cc5)cc4)cc3)nc(-c3ccccc3)n2)cc1. The van der Waals surface area contributed by atoms with Gasteiger partial charge in [-0.15, -0.1) is 0 Å². The van der Waals surface area contributed by atoms with Crippen LogP contribution in [0.25, 0.3) is 84.4 Å². The van der Waals surface area contributed by atoms with Crippen molar-refractivity contribution in [2.75, 3.05) is 0 Å². The van der Waals surface area contributed by atoms with Crippen molar-refractivity contribution in [2.24, 2.45) is 0 Å². The number of aromatic nitrogens is 5. The second kappa shape index (κ2) is 13.1. The number of pyridine rings is 1. The average Bonchev–Trinajstić information content (AvgIpc) is 3.62. The summed E-state index contributed by atoms with van der Waals surface area (Å²) in [6.45, 7) is 0. The van der Waals surface area contributed by atoms with E-state index >= 15 is 0 Å². The summed E-state index contributed by atoms with van der Waals surface area (Å²) in [5.74, 6) is 1.54. The molecule has 9 rings (SSSR count). The van der Waals surface area contributed by atoms with Crippen LogP contribution in [0.3, 0.4) is 0 Å². The highest BCUT2D eigenvalue weighted by Crippen LogP contribution is 2.32. The molecule has 5 nitrogen and oxygen atoms in total. The van der Waals surface area contributed by atoms with Crippen molar-refractivity contribution in [1.29, 1.82) is 0 Å². The predicted molar refractivity (Wildman–Crippen MR) is 207 cm³/mol. The molecule has 5 heteroatoms. The summed E-state index contributed by atoms with van der Waals surface area (Å²) in [6, 6.07) is 62.7. The highest BCUT2D eigenvalue weighted by molar-refractivity contribution is 5.83. The molecule has 51 heavy (non-hydrogen) atoms. The normalized spacial score (nSPS) is 11.1. The van der Waals surface area contributed by atoms with E-state index in [1.165, 1.54) is 0 Å². The van der Waals surface area contributed by atoms with E-state index in [0.717, 1.165) is 78.6 Å². The monoisotopic (exact) mass is 653 g/mol. The lowest BCUT2D eigenvalue weighted by molar-refractivity contribution is 1.08. The van der Waals surface area contributed by atoms with Crippen LogP contribution in [0.1, 0.15) is 0 Å².